The van der Waals surface area contributed by atoms with Crippen molar-refractivity contribution in [3.8, 4) is 0 Å². The minimum absolute atomic E-state index is 0.0381. The van der Waals surface area contributed by atoms with Crippen molar-refractivity contribution < 1.29 is 4.42 Å². The van der Waals surface area contributed by atoms with Crippen LogP contribution in [0.2, 0.25) is 0 Å². The number of anilines is 3. The first-order valence-electron chi connectivity index (χ1n) is 6.15. The van der Waals surface area contributed by atoms with Crippen molar-refractivity contribution in [2.75, 3.05) is 31.4 Å². The van der Waals surface area contributed by atoms with Crippen molar-refractivity contribution in [1.82, 2.24) is 15.5 Å². The maximum Gasteiger partial charge on any atom is 0.320 e. The molecule has 0 radical (unpaired) electrons. The van der Waals surface area contributed by atoms with E-state index in [1.807, 2.05) is 57.2 Å². The average Bonchev–Trinajstić information content (AvgIpc) is 2.86. The number of benzene rings is 1. The molecule has 0 bridgehead atoms. The van der Waals surface area contributed by atoms with Crippen LogP contribution in [0.1, 0.15) is 18.9 Å². The highest BCUT2D eigenvalue weighted by Gasteiger charge is 2.11. The van der Waals surface area contributed by atoms with Gasteiger partial charge in [-0.15, -0.1) is 5.10 Å². The summed E-state index contributed by atoms with van der Waals surface area (Å²) in [6.45, 7) is 1.96. The third-order valence-electron chi connectivity index (χ3n) is 2.86. The first kappa shape index (κ1) is 13.4. The zero-order valence-electron chi connectivity index (χ0n) is 11.6. The van der Waals surface area contributed by atoms with Gasteiger partial charge in [0.05, 0.1) is 6.04 Å². The second-order valence-corrected chi connectivity index (χ2v) is 4.53. The zero-order valence-corrected chi connectivity index (χ0v) is 11.6. The van der Waals surface area contributed by atoms with Gasteiger partial charge in [0, 0.05) is 25.5 Å². The van der Waals surface area contributed by atoms with Crippen molar-refractivity contribution in [1.29, 1.82) is 0 Å². The van der Waals surface area contributed by atoms with Crippen molar-refractivity contribution in [3.05, 3.63) is 30.2 Å². The van der Waals surface area contributed by atoms with Gasteiger partial charge in [0.15, 0.2) is 0 Å². The highest BCUT2D eigenvalue weighted by Crippen LogP contribution is 2.21. The molecule has 2 aromatic rings. The Labute approximate surface area is 112 Å². The molecule has 1 aromatic carbocycles. The van der Waals surface area contributed by atoms with Gasteiger partial charge in [-0.3, -0.25) is 0 Å². The van der Waals surface area contributed by atoms with Crippen LogP contribution in [0, 0.1) is 0 Å². The fourth-order valence-corrected chi connectivity index (χ4v) is 1.57. The first-order chi connectivity index (χ1) is 9.10. The number of nitrogens with one attached hydrogen (secondary N) is 2. The van der Waals surface area contributed by atoms with Gasteiger partial charge in [0.1, 0.15) is 0 Å². The van der Waals surface area contributed by atoms with Crippen molar-refractivity contribution in [2.45, 2.75) is 13.0 Å². The van der Waals surface area contributed by atoms with Crippen LogP contribution in [-0.4, -0.2) is 31.3 Å². The second-order valence-electron chi connectivity index (χ2n) is 4.53. The molecule has 1 unspecified atom stereocenters. The number of aromatic nitrogens is 2. The van der Waals surface area contributed by atoms with Gasteiger partial charge in [-0.25, -0.2) is 0 Å². The van der Waals surface area contributed by atoms with Crippen LogP contribution < -0.4 is 15.5 Å². The van der Waals surface area contributed by atoms with Crippen LogP contribution in [0.25, 0.3) is 0 Å². The number of nitrogens with zero attached hydrogens (tertiary/aromatic N) is 3. The quantitative estimate of drug-likeness (QED) is 0.859. The minimum Gasteiger partial charge on any atom is -0.406 e. The third-order valence-corrected chi connectivity index (χ3v) is 2.86. The van der Waals surface area contributed by atoms with Gasteiger partial charge in [-0.05, 0) is 32.2 Å². The Hall–Kier alpha value is -2.08. The minimum atomic E-state index is 0.0381. The molecule has 1 atom stereocenters. The Balaban J connectivity index is 2.12. The van der Waals surface area contributed by atoms with E-state index in [0.29, 0.717) is 11.9 Å². The van der Waals surface area contributed by atoms with Gasteiger partial charge < -0.3 is 20.0 Å². The van der Waals surface area contributed by atoms with Crippen molar-refractivity contribution >= 4 is 17.4 Å². The lowest BCUT2D eigenvalue weighted by molar-refractivity contribution is 0.443. The van der Waals surface area contributed by atoms with Crippen molar-refractivity contribution in [3.63, 3.8) is 0 Å². The Morgan fingerprint density at radius 2 is 2.05 bits per heavy atom. The zero-order chi connectivity index (χ0) is 13.8. The highest BCUT2D eigenvalue weighted by atomic mass is 16.4. The van der Waals surface area contributed by atoms with E-state index in [4.69, 9.17) is 4.42 Å². The predicted molar refractivity (Wildman–Crippen MR) is 75.8 cm³/mol. The molecular formula is C13H19N5O. The standard InChI is InChI=1S/C13H19N5O/c1-9(14-2)12-16-17-13(19-12)15-10-6-5-7-11(8-10)18(3)4/h5-9,14H,1-4H3,(H,15,17). The SMILES string of the molecule is CNC(C)c1nnc(Nc2cccc(N(C)C)c2)o1. The first-order valence-corrected chi connectivity index (χ1v) is 6.15. The van der Waals surface area contributed by atoms with Crippen LogP contribution in [0.15, 0.2) is 28.7 Å². The molecule has 0 spiro atoms. The highest BCUT2D eigenvalue weighted by molar-refractivity contribution is 5.60. The summed E-state index contributed by atoms with van der Waals surface area (Å²) in [7, 11) is 5.85. The van der Waals surface area contributed by atoms with Crippen molar-refractivity contribution in [2.24, 2.45) is 0 Å². The molecule has 102 valence electrons. The average molecular weight is 261 g/mol. The second kappa shape index (κ2) is 5.71. The lowest BCUT2D eigenvalue weighted by atomic mass is 10.2. The summed E-state index contributed by atoms with van der Waals surface area (Å²) < 4.78 is 5.53. The summed E-state index contributed by atoms with van der Waals surface area (Å²) in [5.74, 6) is 0.564. The summed E-state index contributed by atoms with van der Waals surface area (Å²) in [5, 5.41) is 14.1. The smallest absolute Gasteiger partial charge is 0.320 e. The van der Waals surface area contributed by atoms with Crippen LogP contribution in [0.3, 0.4) is 0 Å². The largest absolute Gasteiger partial charge is 0.406 e. The van der Waals surface area contributed by atoms with Gasteiger partial charge in [0.2, 0.25) is 5.89 Å². The molecule has 0 fully saturated rings. The molecule has 0 saturated heterocycles. The molecule has 19 heavy (non-hydrogen) atoms. The fraction of sp³-hybridized carbons (Fsp3) is 0.385. The maximum absolute atomic E-state index is 5.53. The Morgan fingerprint density at radius 1 is 1.26 bits per heavy atom. The summed E-state index contributed by atoms with van der Waals surface area (Å²) >= 11 is 0. The molecule has 0 aliphatic carbocycles. The maximum atomic E-state index is 5.53. The van der Waals surface area contributed by atoms with E-state index in [1.54, 1.807) is 0 Å². The van der Waals surface area contributed by atoms with E-state index >= 15 is 0 Å². The van der Waals surface area contributed by atoms with E-state index in [1.165, 1.54) is 0 Å². The summed E-state index contributed by atoms with van der Waals surface area (Å²) in [6, 6.07) is 8.42. The summed E-state index contributed by atoms with van der Waals surface area (Å²) in [4.78, 5) is 2.04. The molecule has 1 heterocycles. The van der Waals surface area contributed by atoms with Crippen LogP contribution in [0.4, 0.5) is 17.4 Å². The third kappa shape index (κ3) is 3.23. The molecule has 6 heteroatoms. The molecule has 2 N–H and O–H groups in total. The van der Waals surface area contributed by atoms with E-state index in [9.17, 15) is 0 Å². The normalized spacial score (nSPS) is 12.2. The fourth-order valence-electron chi connectivity index (χ4n) is 1.57. The van der Waals surface area contributed by atoms with E-state index in [2.05, 4.69) is 20.8 Å². The number of hydrogen-bond donors (Lipinski definition) is 2. The lowest BCUT2D eigenvalue weighted by Gasteiger charge is -2.13. The van der Waals surface area contributed by atoms with E-state index in [-0.39, 0.29) is 6.04 Å². The van der Waals surface area contributed by atoms with Gasteiger partial charge in [-0.2, -0.15) is 0 Å². The van der Waals surface area contributed by atoms with E-state index < -0.39 is 0 Å². The lowest BCUT2D eigenvalue weighted by Crippen LogP contribution is -2.12. The Bertz CT molecular complexity index is 537. The Morgan fingerprint density at radius 3 is 2.74 bits per heavy atom. The summed E-state index contributed by atoms with van der Waals surface area (Å²) in [5.41, 5.74) is 2.02. The van der Waals surface area contributed by atoms with Crippen LogP contribution >= 0.6 is 0 Å². The molecular weight excluding hydrogens is 242 g/mol. The molecule has 0 amide bonds. The predicted octanol–water partition coefficient (Wildman–Crippen LogP) is 2.16. The molecule has 0 aliphatic heterocycles. The van der Waals surface area contributed by atoms with Crippen LogP contribution in [-0.2, 0) is 0 Å². The monoisotopic (exact) mass is 261 g/mol. The molecule has 0 aliphatic rings. The molecule has 0 saturated carbocycles. The molecule has 1 aromatic heterocycles. The van der Waals surface area contributed by atoms with Gasteiger partial charge >= 0.3 is 6.01 Å². The molecule has 2 rings (SSSR count). The van der Waals surface area contributed by atoms with Crippen LogP contribution in [0.5, 0.6) is 0 Å². The summed E-state index contributed by atoms with van der Waals surface area (Å²) in [6.07, 6.45) is 0. The topological polar surface area (TPSA) is 66.2 Å². The van der Waals surface area contributed by atoms with E-state index in [0.717, 1.165) is 11.4 Å². The van der Waals surface area contributed by atoms with Gasteiger partial charge in [-0.1, -0.05) is 11.2 Å². The number of rotatable bonds is 5. The Kier molecular flexibility index (Phi) is 4.01. The van der Waals surface area contributed by atoms with Gasteiger partial charge in [0.25, 0.3) is 0 Å². The number of hydrogen-bond acceptors (Lipinski definition) is 6. The molecule has 6 nitrogen and oxygen atoms in total.